The van der Waals surface area contributed by atoms with E-state index in [2.05, 4.69) is 33.0 Å². The van der Waals surface area contributed by atoms with Crippen molar-refractivity contribution < 1.29 is 9.13 Å². The highest BCUT2D eigenvalue weighted by Crippen LogP contribution is 2.23. The lowest BCUT2D eigenvalue weighted by Gasteiger charge is -2.30. The first kappa shape index (κ1) is 16.1. The molecule has 1 aromatic rings. The quantitative estimate of drug-likeness (QED) is 0.811. The van der Waals surface area contributed by atoms with Crippen LogP contribution in [-0.2, 0) is 4.74 Å². The van der Waals surface area contributed by atoms with Gasteiger partial charge < -0.3 is 10.1 Å². The molecule has 0 aliphatic carbocycles. The summed E-state index contributed by atoms with van der Waals surface area (Å²) >= 11 is 0. The van der Waals surface area contributed by atoms with Gasteiger partial charge in [-0.25, -0.2) is 4.39 Å². The van der Waals surface area contributed by atoms with Crippen LogP contribution >= 0.6 is 0 Å². The van der Waals surface area contributed by atoms with E-state index in [1.807, 2.05) is 12.1 Å². The Bertz CT molecular complexity index is 362. The number of nitrogens with one attached hydrogen (secondary N) is 1. The molecule has 0 fully saturated rings. The molecule has 0 amide bonds. The smallest absolute Gasteiger partial charge is 0.123 e. The molecule has 2 nitrogen and oxygen atoms in total. The number of methoxy groups -OCH3 is 1. The van der Waals surface area contributed by atoms with Gasteiger partial charge >= 0.3 is 0 Å². The normalized spacial score (nSPS) is 14.9. The Morgan fingerprint density at radius 1 is 1.05 bits per heavy atom. The minimum atomic E-state index is -0.191. The zero-order chi connectivity index (χ0) is 14.4. The topological polar surface area (TPSA) is 21.3 Å². The molecule has 2 atom stereocenters. The van der Waals surface area contributed by atoms with Gasteiger partial charge in [-0.2, -0.15) is 0 Å². The van der Waals surface area contributed by atoms with Gasteiger partial charge in [0.15, 0.2) is 0 Å². The molecule has 108 valence electrons. The second-order valence-corrected chi connectivity index (χ2v) is 5.75. The summed E-state index contributed by atoms with van der Waals surface area (Å²) in [5.74, 6) is 0.730. The van der Waals surface area contributed by atoms with E-state index >= 15 is 0 Å². The lowest BCUT2D eigenvalue weighted by atomic mass is 9.93. The summed E-state index contributed by atoms with van der Waals surface area (Å²) in [6.45, 7) is 9.38. The fourth-order valence-electron chi connectivity index (χ4n) is 2.19. The predicted molar refractivity (Wildman–Crippen MR) is 77.6 cm³/mol. The van der Waals surface area contributed by atoms with Crippen LogP contribution in [0.3, 0.4) is 0 Å². The van der Waals surface area contributed by atoms with Crippen LogP contribution < -0.4 is 5.32 Å². The fraction of sp³-hybridized carbons (Fsp3) is 0.625. The van der Waals surface area contributed by atoms with E-state index in [1.54, 1.807) is 7.11 Å². The second kappa shape index (κ2) is 7.61. The number of rotatable bonds is 7. The molecular formula is C16H26FNO. The van der Waals surface area contributed by atoms with Crippen LogP contribution in [0.4, 0.5) is 4.39 Å². The highest BCUT2D eigenvalue weighted by Gasteiger charge is 2.22. The number of hydrogen-bond acceptors (Lipinski definition) is 2. The standard InChI is InChI=1S/C16H26FNO/c1-11(2)15(10-19-5)18-16(12(3)4)13-6-8-14(17)9-7-13/h6-9,11-12,15-16,18H,10H2,1-5H3. The summed E-state index contributed by atoms with van der Waals surface area (Å²) in [6.07, 6.45) is 0. The molecule has 0 heterocycles. The van der Waals surface area contributed by atoms with Crippen LogP contribution in [0.2, 0.25) is 0 Å². The lowest BCUT2D eigenvalue weighted by Crippen LogP contribution is -2.41. The predicted octanol–water partition coefficient (Wildman–Crippen LogP) is 3.78. The van der Waals surface area contributed by atoms with Gasteiger partial charge in [-0.3, -0.25) is 0 Å². The Balaban J connectivity index is 2.85. The highest BCUT2D eigenvalue weighted by atomic mass is 19.1. The van der Waals surface area contributed by atoms with Crippen LogP contribution in [-0.4, -0.2) is 19.8 Å². The maximum Gasteiger partial charge on any atom is 0.123 e. The molecule has 0 aliphatic rings. The summed E-state index contributed by atoms with van der Waals surface area (Å²) in [5.41, 5.74) is 1.12. The van der Waals surface area contributed by atoms with Gasteiger partial charge in [0.2, 0.25) is 0 Å². The fourth-order valence-corrected chi connectivity index (χ4v) is 2.19. The average Bonchev–Trinajstić information content (AvgIpc) is 2.35. The van der Waals surface area contributed by atoms with Crippen molar-refractivity contribution in [2.24, 2.45) is 11.8 Å². The molecule has 19 heavy (non-hydrogen) atoms. The average molecular weight is 267 g/mol. The summed E-state index contributed by atoms with van der Waals surface area (Å²) in [4.78, 5) is 0. The van der Waals surface area contributed by atoms with Crippen molar-refractivity contribution in [1.82, 2.24) is 5.32 Å². The van der Waals surface area contributed by atoms with E-state index in [4.69, 9.17) is 4.74 Å². The Labute approximate surface area is 116 Å². The molecule has 0 spiro atoms. The summed E-state index contributed by atoms with van der Waals surface area (Å²) in [6, 6.07) is 7.26. The molecule has 3 heteroatoms. The van der Waals surface area contributed by atoms with Crippen molar-refractivity contribution in [2.75, 3.05) is 13.7 Å². The number of ether oxygens (including phenoxy) is 1. The van der Waals surface area contributed by atoms with Crippen LogP contribution in [0.5, 0.6) is 0 Å². The van der Waals surface area contributed by atoms with Crippen molar-refractivity contribution in [3.63, 3.8) is 0 Å². The summed E-state index contributed by atoms with van der Waals surface area (Å²) in [7, 11) is 1.72. The Hall–Kier alpha value is -0.930. The van der Waals surface area contributed by atoms with Gasteiger partial charge in [0.05, 0.1) is 6.61 Å². The van der Waals surface area contributed by atoms with Gasteiger partial charge in [-0.15, -0.1) is 0 Å². The molecular weight excluding hydrogens is 241 g/mol. The molecule has 1 N–H and O–H groups in total. The molecule has 0 radical (unpaired) electrons. The van der Waals surface area contributed by atoms with Gasteiger partial charge in [0.1, 0.15) is 5.82 Å². The van der Waals surface area contributed by atoms with E-state index in [0.717, 1.165) is 5.56 Å². The molecule has 0 saturated heterocycles. The molecule has 1 rings (SSSR count). The number of hydrogen-bond donors (Lipinski definition) is 1. The maximum absolute atomic E-state index is 13.0. The second-order valence-electron chi connectivity index (χ2n) is 5.75. The van der Waals surface area contributed by atoms with Crippen molar-refractivity contribution in [2.45, 2.75) is 39.8 Å². The van der Waals surface area contributed by atoms with E-state index in [1.165, 1.54) is 12.1 Å². The molecule has 1 aromatic carbocycles. The largest absolute Gasteiger partial charge is 0.383 e. The minimum absolute atomic E-state index is 0.191. The van der Waals surface area contributed by atoms with E-state index in [9.17, 15) is 4.39 Å². The van der Waals surface area contributed by atoms with E-state index < -0.39 is 0 Å². The minimum Gasteiger partial charge on any atom is -0.383 e. The van der Waals surface area contributed by atoms with E-state index in [-0.39, 0.29) is 11.9 Å². The lowest BCUT2D eigenvalue weighted by molar-refractivity contribution is 0.135. The van der Waals surface area contributed by atoms with Crippen LogP contribution in [0.15, 0.2) is 24.3 Å². The van der Waals surface area contributed by atoms with Crippen LogP contribution in [0, 0.1) is 17.7 Å². The zero-order valence-corrected chi connectivity index (χ0v) is 12.6. The van der Waals surface area contributed by atoms with Crippen LogP contribution in [0.1, 0.15) is 39.3 Å². The molecule has 0 aromatic heterocycles. The third-order valence-corrected chi connectivity index (χ3v) is 3.44. The third kappa shape index (κ3) is 4.92. The van der Waals surface area contributed by atoms with Crippen molar-refractivity contribution >= 4 is 0 Å². The molecule has 0 aliphatic heterocycles. The van der Waals surface area contributed by atoms with Crippen molar-refractivity contribution in [3.8, 4) is 0 Å². The van der Waals surface area contributed by atoms with E-state index in [0.29, 0.717) is 24.5 Å². The molecule has 2 unspecified atom stereocenters. The van der Waals surface area contributed by atoms with Gasteiger partial charge in [0, 0.05) is 19.2 Å². The van der Waals surface area contributed by atoms with Crippen LogP contribution in [0.25, 0.3) is 0 Å². The summed E-state index contributed by atoms with van der Waals surface area (Å²) < 4.78 is 18.3. The SMILES string of the molecule is COCC(NC(c1ccc(F)cc1)C(C)C)C(C)C. The molecule has 0 saturated carbocycles. The van der Waals surface area contributed by atoms with Crippen molar-refractivity contribution in [1.29, 1.82) is 0 Å². The molecule has 0 bridgehead atoms. The highest BCUT2D eigenvalue weighted by molar-refractivity contribution is 5.20. The monoisotopic (exact) mass is 267 g/mol. The first-order chi connectivity index (χ1) is 8.95. The van der Waals surface area contributed by atoms with Gasteiger partial charge in [0.25, 0.3) is 0 Å². The van der Waals surface area contributed by atoms with Gasteiger partial charge in [-0.1, -0.05) is 39.8 Å². The Morgan fingerprint density at radius 2 is 1.63 bits per heavy atom. The van der Waals surface area contributed by atoms with Crippen molar-refractivity contribution in [3.05, 3.63) is 35.6 Å². The Morgan fingerprint density at radius 3 is 2.05 bits per heavy atom. The third-order valence-electron chi connectivity index (χ3n) is 3.44. The number of benzene rings is 1. The first-order valence-corrected chi connectivity index (χ1v) is 6.96. The van der Waals surface area contributed by atoms with Gasteiger partial charge in [-0.05, 0) is 29.5 Å². The zero-order valence-electron chi connectivity index (χ0n) is 12.6. The number of halogens is 1. The maximum atomic E-state index is 13.0. The first-order valence-electron chi connectivity index (χ1n) is 6.96. The Kier molecular flexibility index (Phi) is 6.46. The summed E-state index contributed by atoms with van der Waals surface area (Å²) in [5, 5.41) is 3.64.